The van der Waals surface area contributed by atoms with E-state index in [0.29, 0.717) is 0 Å². The molecule has 3 aromatic carbocycles. The Morgan fingerprint density at radius 1 is 1.00 bits per heavy atom. The first-order valence-electron chi connectivity index (χ1n) is 9.71. The molecule has 0 atom stereocenters. The number of nitrogens with one attached hydrogen (secondary N) is 1. The molecule has 0 fully saturated rings. The van der Waals surface area contributed by atoms with Gasteiger partial charge < -0.3 is 0 Å². The fourth-order valence-corrected chi connectivity index (χ4v) is 4.33. The second-order valence-electron chi connectivity index (χ2n) is 7.08. The molecule has 0 aromatic heterocycles. The summed E-state index contributed by atoms with van der Waals surface area (Å²) in [5, 5.41) is 3.67. The number of anilines is 1. The van der Waals surface area contributed by atoms with E-state index in [9.17, 15) is 26.4 Å². The van der Waals surface area contributed by atoms with Crippen LogP contribution in [0.25, 0.3) is 0 Å². The van der Waals surface area contributed by atoms with Crippen molar-refractivity contribution in [1.29, 1.82) is 0 Å². The van der Waals surface area contributed by atoms with Crippen molar-refractivity contribution in [3.63, 3.8) is 0 Å². The van der Waals surface area contributed by atoms with E-state index in [0.717, 1.165) is 28.2 Å². The molecule has 1 amide bonds. The maximum Gasteiger partial charge on any atom is 0.416 e. The summed E-state index contributed by atoms with van der Waals surface area (Å²) in [6, 6.07) is 18.6. The van der Waals surface area contributed by atoms with Gasteiger partial charge >= 0.3 is 6.18 Å². The van der Waals surface area contributed by atoms with Gasteiger partial charge in [-0.3, -0.25) is 9.10 Å². The summed E-state index contributed by atoms with van der Waals surface area (Å²) in [5.41, 5.74) is 2.63. The monoisotopic (exact) mass is 475 g/mol. The van der Waals surface area contributed by atoms with Crippen molar-refractivity contribution in [3.05, 3.63) is 95.6 Å². The molecule has 0 unspecified atom stereocenters. The van der Waals surface area contributed by atoms with Gasteiger partial charge in [0.25, 0.3) is 15.9 Å². The highest BCUT2D eigenvalue weighted by Crippen LogP contribution is 2.29. The number of hydrogen-bond acceptors (Lipinski definition) is 4. The van der Waals surface area contributed by atoms with E-state index in [4.69, 9.17) is 0 Å². The average Bonchev–Trinajstić information content (AvgIpc) is 2.78. The second-order valence-corrected chi connectivity index (χ2v) is 8.94. The van der Waals surface area contributed by atoms with E-state index in [1.165, 1.54) is 24.3 Å². The molecule has 0 aliphatic rings. The largest absolute Gasteiger partial charge is 0.416 e. The minimum Gasteiger partial charge on any atom is -0.271 e. The average molecular weight is 475 g/mol. The van der Waals surface area contributed by atoms with Crippen LogP contribution in [-0.2, 0) is 21.0 Å². The molecule has 10 heteroatoms. The van der Waals surface area contributed by atoms with Gasteiger partial charge in [0.2, 0.25) is 0 Å². The molecule has 33 heavy (non-hydrogen) atoms. The van der Waals surface area contributed by atoms with Gasteiger partial charge in [-0.15, -0.1) is 0 Å². The van der Waals surface area contributed by atoms with Crippen LogP contribution < -0.4 is 9.73 Å². The van der Waals surface area contributed by atoms with E-state index in [1.54, 1.807) is 42.5 Å². The van der Waals surface area contributed by atoms with Crippen LogP contribution >= 0.6 is 0 Å². The van der Waals surface area contributed by atoms with Gasteiger partial charge in [-0.1, -0.05) is 48.0 Å². The molecule has 0 radical (unpaired) electrons. The smallest absolute Gasteiger partial charge is 0.271 e. The number of benzene rings is 3. The predicted molar refractivity (Wildman–Crippen MR) is 119 cm³/mol. The molecule has 3 aromatic rings. The molecular formula is C23H20F3N3O3S. The van der Waals surface area contributed by atoms with E-state index in [-0.39, 0.29) is 16.1 Å². The number of alkyl halides is 3. The first kappa shape index (κ1) is 24.0. The number of carbonyl (C=O) groups excluding carboxylic acids is 1. The van der Waals surface area contributed by atoms with Gasteiger partial charge in [-0.05, 0) is 48.9 Å². The quantitative estimate of drug-likeness (QED) is 0.407. The highest BCUT2D eigenvalue weighted by molar-refractivity contribution is 7.92. The molecule has 0 aliphatic heterocycles. The number of carbonyl (C=O) groups is 1. The first-order chi connectivity index (χ1) is 15.6. The number of rotatable bonds is 7. The molecule has 0 bridgehead atoms. The molecule has 3 rings (SSSR count). The number of halogens is 3. The third-order valence-corrected chi connectivity index (χ3v) is 6.35. The van der Waals surface area contributed by atoms with Crippen molar-refractivity contribution in [2.75, 3.05) is 10.8 Å². The van der Waals surface area contributed by atoms with Crippen molar-refractivity contribution < 1.29 is 26.4 Å². The van der Waals surface area contributed by atoms with Crippen molar-refractivity contribution in [2.45, 2.75) is 18.0 Å². The van der Waals surface area contributed by atoms with Crippen molar-refractivity contribution >= 4 is 27.8 Å². The zero-order chi connectivity index (χ0) is 24.1. The molecule has 0 spiro atoms. The SMILES string of the molecule is Cc1ccc(N(CC(=O)N/N=C\c2cccc(C(F)(F)F)c2)S(=O)(=O)c2ccccc2)cc1. The van der Waals surface area contributed by atoms with Crippen molar-refractivity contribution in [2.24, 2.45) is 5.10 Å². The van der Waals surface area contributed by atoms with Crippen molar-refractivity contribution in [1.82, 2.24) is 5.43 Å². The van der Waals surface area contributed by atoms with Crippen LogP contribution in [0.1, 0.15) is 16.7 Å². The highest BCUT2D eigenvalue weighted by atomic mass is 32.2. The Hall–Kier alpha value is -3.66. The van der Waals surface area contributed by atoms with Crippen LogP contribution in [0.15, 0.2) is 88.9 Å². The normalized spacial score (nSPS) is 12.0. The number of nitrogens with zero attached hydrogens (tertiary/aromatic N) is 2. The number of hydrogen-bond donors (Lipinski definition) is 1. The minimum absolute atomic E-state index is 0.00541. The number of aryl methyl sites for hydroxylation is 1. The molecule has 1 N–H and O–H groups in total. The van der Waals surface area contributed by atoms with Gasteiger partial charge in [0.1, 0.15) is 6.54 Å². The first-order valence-corrected chi connectivity index (χ1v) is 11.1. The van der Waals surface area contributed by atoms with Gasteiger partial charge in [-0.2, -0.15) is 18.3 Å². The summed E-state index contributed by atoms with van der Waals surface area (Å²) >= 11 is 0. The lowest BCUT2D eigenvalue weighted by Gasteiger charge is -2.23. The van der Waals surface area contributed by atoms with Crippen LogP contribution in [0, 0.1) is 6.92 Å². The lowest BCUT2D eigenvalue weighted by molar-refractivity contribution is -0.137. The summed E-state index contributed by atoms with van der Waals surface area (Å²) in [6.45, 7) is 1.26. The Balaban J connectivity index is 1.80. The number of hydrazone groups is 1. The minimum atomic E-state index is -4.51. The van der Waals surface area contributed by atoms with Gasteiger partial charge in [-0.25, -0.2) is 13.8 Å². The highest BCUT2D eigenvalue weighted by Gasteiger charge is 2.30. The predicted octanol–water partition coefficient (Wildman–Crippen LogP) is 4.36. The van der Waals surface area contributed by atoms with E-state index in [1.807, 2.05) is 6.92 Å². The number of amides is 1. The Labute approximate surface area is 189 Å². The van der Waals surface area contributed by atoms with Crippen LogP contribution in [0.3, 0.4) is 0 Å². The maximum absolute atomic E-state index is 13.2. The lowest BCUT2D eigenvalue weighted by atomic mass is 10.1. The molecule has 0 saturated carbocycles. The van der Waals surface area contributed by atoms with Gasteiger partial charge in [0.05, 0.1) is 22.4 Å². The zero-order valence-electron chi connectivity index (χ0n) is 17.5. The lowest BCUT2D eigenvalue weighted by Crippen LogP contribution is -2.39. The topological polar surface area (TPSA) is 78.8 Å². The molecule has 172 valence electrons. The van der Waals surface area contributed by atoms with Crippen LogP contribution in [0.5, 0.6) is 0 Å². The van der Waals surface area contributed by atoms with Crippen molar-refractivity contribution in [3.8, 4) is 0 Å². The summed E-state index contributed by atoms with van der Waals surface area (Å²) in [6.07, 6.45) is -3.46. The van der Waals surface area contributed by atoms with Crippen LogP contribution in [0.2, 0.25) is 0 Å². The Morgan fingerprint density at radius 3 is 2.30 bits per heavy atom. The zero-order valence-corrected chi connectivity index (χ0v) is 18.3. The van der Waals surface area contributed by atoms with Crippen LogP contribution in [-0.4, -0.2) is 27.1 Å². The maximum atomic E-state index is 13.2. The third-order valence-electron chi connectivity index (χ3n) is 4.56. The summed E-state index contributed by atoms with van der Waals surface area (Å²) in [7, 11) is -4.07. The fourth-order valence-electron chi connectivity index (χ4n) is 2.89. The fraction of sp³-hybridized carbons (Fsp3) is 0.130. The van der Waals surface area contributed by atoms with E-state index >= 15 is 0 Å². The van der Waals surface area contributed by atoms with E-state index in [2.05, 4.69) is 10.5 Å². The van der Waals surface area contributed by atoms with Gasteiger partial charge in [0.15, 0.2) is 0 Å². The Kier molecular flexibility index (Phi) is 7.17. The summed E-state index contributed by atoms with van der Waals surface area (Å²) < 4.78 is 65.8. The number of sulfonamides is 1. The molecule has 0 aliphatic carbocycles. The molecule has 6 nitrogen and oxygen atoms in total. The molecule has 0 heterocycles. The van der Waals surface area contributed by atoms with E-state index < -0.39 is 34.2 Å². The standard InChI is InChI=1S/C23H20F3N3O3S/c1-17-10-12-20(13-11-17)29(33(31,32)21-8-3-2-4-9-21)16-22(30)28-27-15-18-6-5-7-19(14-18)23(24,25)26/h2-15H,16H2,1H3,(H,28,30)/b27-15-. The van der Waals surface area contributed by atoms with Crippen LogP contribution in [0.4, 0.5) is 18.9 Å². The second kappa shape index (κ2) is 9.86. The molecule has 0 saturated heterocycles. The Bertz CT molecular complexity index is 1240. The van der Waals surface area contributed by atoms with Gasteiger partial charge in [0, 0.05) is 0 Å². The Morgan fingerprint density at radius 2 is 1.67 bits per heavy atom. The third kappa shape index (κ3) is 6.19. The summed E-state index contributed by atoms with van der Waals surface area (Å²) in [5.74, 6) is -0.765. The summed E-state index contributed by atoms with van der Waals surface area (Å²) in [4.78, 5) is 12.5. The molecular weight excluding hydrogens is 455 g/mol.